The van der Waals surface area contributed by atoms with Gasteiger partial charge in [-0.2, -0.15) is 0 Å². The van der Waals surface area contributed by atoms with Crippen molar-refractivity contribution in [1.29, 1.82) is 0 Å². The van der Waals surface area contributed by atoms with Crippen LogP contribution in [0.2, 0.25) is 0 Å². The van der Waals surface area contributed by atoms with Crippen molar-refractivity contribution in [2.24, 2.45) is 11.1 Å². The molecule has 1 aromatic carbocycles. The Labute approximate surface area is 180 Å². The lowest BCUT2D eigenvalue weighted by molar-refractivity contribution is 0.0695. The summed E-state index contributed by atoms with van der Waals surface area (Å²) in [5.41, 5.74) is 11.5. The molecule has 4 nitrogen and oxygen atoms in total. The first-order valence-corrected chi connectivity index (χ1v) is 9.11. The van der Waals surface area contributed by atoms with Crippen molar-refractivity contribution in [2.45, 2.75) is 60.4 Å². The van der Waals surface area contributed by atoms with E-state index in [1.54, 1.807) is 0 Å². The number of pyridine rings is 1. The molecule has 0 radical (unpaired) electrons. The van der Waals surface area contributed by atoms with Gasteiger partial charge < -0.3 is 10.8 Å². The van der Waals surface area contributed by atoms with Crippen LogP contribution >= 0.6 is 24.8 Å². The van der Waals surface area contributed by atoms with Crippen LogP contribution in [0.1, 0.15) is 73.4 Å². The van der Waals surface area contributed by atoms with Gasteiger partial charge in [-0.25, -0.2) is 4.79 Å². The molecule has 6 heteroatoms. The Hall–Kier alpha value is -1.62. The molecule has 0 atom stereocenters. The minimum absolute atomic E-state index is 0. The number of rotatable bonds is 5. The maximum Gasteiger partial charge on any atom is 0.338 e. The van der Waals surface area contributed by atoms with Gasteiger partial charge in [-0.15, -0.1) is 24.8 Å². The number of hydrogen-bond donors (Lipinski definition) is 2. The molecule has 0 amide bonds. The van der Waals surface area contributed by atoms with Crippen LogP contribution in [0.25, 0.3) is 11.1 Å². The summed E-state index contributed by atoms with van der Waals surface area (Å²) >= 11 is 0. The maximum absolute atomic E-state index is 12.2. The number of carboxylic acid groups (broad SMARTS) is 1. The summed E-state index contributed by atoms with van der Waals surface area (Å²) in [5.74, 6) is -0.940. The number of carbonyl (C=O) groups is 1. The highest BCUT2D eigenvalue weighted by atomic mass is 35.5. The van der Waals surface area contributed by atoms with Crippen molar-refractivity contribution >= 4 is 30.8 Å². The van der Waals surface area contributed by atoms with E-state index in [2.05, 4.69) is 20.8 Å². The number of aromatic carboxylic acids is 1. The molecule has 0 aliphatic carbocycles. The van der Waals surface area contributed by atoms with E-state index >= 15 is 0 Å². The molecule has 0 aliphatic heterocycles. The van der Waals surface area contributed by atoms with Crippen LogP contribution < -0.4 is 5.73 Å². The van der Waals surface area contributed by atoms with Crippen molar-refractivity contribution in [3.8, 4) is 11.1 Å². The Morgan fingerprint density at radius 1 is 1.14 bits per heavy atom. The summed E-state index contributed by atoms with van der Waals surface area (Å²) in [6.45, 7) is 12.7. The zero-order chi connectivity index (χ0) is 19.6. The van der Waals surface area contributed by atoms with Gasteiger partial charge in [0.2, 0.25) is 0 Å². The number of nitrogens with zero attached hydrogens (tertiary/aromatic N) is 1. The third-order valence-corrected chi connectivity index (χ3v) is 4.41. The third kappa shape index (κ3) is 5.94. The highest BCUT2D eigenvalue weighted by molar-refractivity contribution is 5.98. The Kier molecular flexibility index (Phi) is 9.65. The summed E-state index contributed by atoms with van der Waals surface area (Å²) in [4.78, 5) is 17.0. The molecule has 0 saturated carbocycles. The van der Waals surface area contributed by atoms with E-state index in [1.165, 1.54) is 0 Å². The number of hydrogen-bond acceptors (Lipinski definition) is 3. The topological polar surface area (TPSA) is 76.2 Å². The largest absolute Gasteiger partial charge is 0.478 e. The van der Waals surface area contributed by atoms with Crippen molar-refractivity contribution in [1.82, 2.24) is 4.98 Å². The average Bonchev–Trinajstić information content (AvgIpc) is 2.52. The number of carboxylic acids is 1. The predicted molar refractivity (Wildman–Crippen MR) is 121 cm³/mol. The lowest BCUT2D eigenvalue weighted by atomic mass is 9.84. The third-order valence-electron chi connectivity index (χ3n) is 4.41. The fourth-order valence-corrected chi connectivity index (χ4v) is 3.23. The van der Waals surface area contributed by atoms with E-state index in [-0.39, 0.29) is 48.3 Å². The zero-order valence-corrected chi connectivity index (χ0v) is 19.1. The van der Waals surface area contributed by atoms with Gasteiger partial charge in [0.25, 0.3) is 0 Å². The van der Waals surface area contributed by atoms with E-state index in [4.69, 9.17) is 10.7 Å². The number of benzene rings is 1. The van der Waals surface area contributed by atoms with E-state index in [0.717, 1.165) is 34.4 Å². The molecular formula is C22H32Cl2N2O2. The molecule has 2 rings (SSSR count). The van der Waals surface area contributed by atoms with E-state index < -0.39 is 5.97 Å². The van der Waals surface area contributed by atoms with Crippen LogP contribution in [-0.2, 0) is 13.0 Å². The highest BCUT2D eigenvalue weighted by Gasteiger charge is 2.27. The van der Waals surface area contributed by atoms with Crippen LogP contribution in [-0.4, -0.2) is 16.1 Å². The van der Waals surface area contributed by atoms with Crippen molar-refractivity contribution in [3.63, 3.8) is 0 Å². The molecular weight excluding hydrogens is 395 g/mol. The van der Waals surface area contributed by atoms with Gasteiger partial charge >= 0.3 is 5.97 Å². The van der Waals surface area contributed by atoms with Crippen molar-refractivity contribution in [2.75, 3.05) is 0 Å². The van der Waals surface area contributed by atoms with E-state index in [9.17, 15) is 9.90 Å². The van der Waals surface area contributed by atoms with E-state index in [0.29, 0.717) is 5.69 Å². The molecule has 0 bridgehead atoms. The minimum Gasteiger partial charge on any atom is -0.478 e. The second kappa shape index (κ2) is 10.2. The molecule has 0 spiro atoms. The normalized spacial score (nSPS) is 11.0. The Bertz CT molecular complexity index is 811. The molecule has 156 valence electrons. The van der Waals surface area contributed by atoms with Crippen molar-refractivity contribution in [3.05, 3.63) is 52.3 Å². The maximum atomic E-state index is 12.2. The molecule has 2 aromatic rings. The first-order chi connectivity index (χ1) is 12.0. The summed E-state index contributed by atoms with van der Waals surface area (Å²) in [7, 11) is 0. The molecule has 0 aliphatic rings. The van der Waals surface area contributed by atoms with Gasteiger partial charge in [-0.1, -0.05) is 64.4 Å². The molecule has 3 N–H and O–H groups in total. The quantitative estimate of drug-likeness (QED) is 0.635. The molecule has 28 heavy (non-hydrogen) atoms. The number of aromatic nitrogens is 1. The van der Waals surface area contributed by atoms with Gasteiger partial charge in [-0.05, 0) is 35.8 Å². The zero-order valence-electron chi connectivity index (χ0n) is 17.5. The average molecular weight is 427 g/mol. The number of aryl methyl sites for hydroxylation is 1. The smallest absolute Gasteiger partial charge is 0.338 e. The van der Waals surface area contributed by atoms with E-state index in [1.807, 2.05) is 45.0 Å². The first-order valence-electron chi connectivity index (χ1n) is 9.11. The number of halogens is 2. The second-order valence-electron chi connectivity index (χ2n) is 8.44. The van der Waals surface area contributed by atoms with Crippen LogP contribution in [0.4, 0.5) is 0 Å². The Morgan fingerprint density at radius 3 is 2.07 bits per heavy atom. The van der Waals surface area contributed by atoms with Gasteiger partial charge in [0.15, 0.2) is 0 Å². The standard InChI is InChI=1S/C22H30N2O2.2ClH/c1-13(2)20-19(21(25)26)18(15-9-7-14(3)8-10-15)16(12-23)17(24-20)11-22(4,5)6;;/h7-10,13H,11-12,23H2,1-6H3,(H,25,26);2*1H. The van der Waals surface area contributed by atoms with Gasteiger partial charge in [0, 0.05) is 17.8 Å². The molecule has 1 heterocycles. The molecule has 0 fully saturated rings. The summed E-state index contributed by atoms with van der Waals surface area (Å²) in [6, 6.07) is 7.95. The van der Waals surface area contributed by atoms with Crippen LogP contribution in [0.3, 0.4) is 0 Å². The summed E-state index contributed by atoms with van der Waals surface area (Å²) in [6.07, 6.45) is 0.748. The fraction of sp³-hybridized carbons (Fsp3) is 0.455. The van der Waals surface area contributed by atoms with Crippen molar-refractivity contribution < 1.29 is 9.90 Å². The summed E-state index contributed by atoms with van der Waals surface area (Å²) in [5, 5.41) is 9.97. The molecule has 0 unspecified atom stereocenters. The highest BCUT2D eigenvalue weighted by Crippen LogP contribution is 2.36. The van der Waals surface area contributed by atoms with Gasteiger partial charge in [-0.3, -0.25) is 4.98 Å². The summed E-state index contributed by atoms with van der Waals surface area (Å²) < 4.78 is 0. The van der Waals surface area contributed by atoms with Crippen LogP contribution in [0.15, 0.2) is 24.3 Å². The van der Waals surface area contributed by atoms with Gasteiger partial charge in [0.05, 0.1) is 11.3 Å². The van der Waals surface area contributed by atoms with Crippen LogP contribution in [0.5, 0.6) is 0 Å². The Morgan fingerprint density at radius 2 is 1.68 bits per heavy atom. The Balaban J connectivity index is 0.00000364. The second-order valence-corrected chi connectivity index (χ2v) is 8.44. The first kappa shape index (κ1) is 26.4. The predicted octanol–water partition coefficient (Wildman–Crippen LogP) is 5.77. The lowest BCUT2D eigenvalue weighted by Crippen LogP contribution is -2.20. The van der Waals surface area contributed by atoms with Gasteiger partial charge in [0.1, 0.15) is 0 Å². The molecule has 0 saturated heterocycles. The SMILES string of the molecule is Cc1ccc(-c2c(CN)c(CC(C)(C)C)nc(C(C)C)c2C(=O)O)cc1.Cl.Cl. The number of nitrogens with two attached hydrogens (primary N) is 1. The van der Waals surface area contributed by atoms with Crippen LogP contribution in [0, 0.1) is 12.3 Å². The monoisotopic (exact) mass is 426 g/mol. The minimum atomic E-state index is -0.950. The lowest BCUT2D eigenvalue weighted by Gasteiger charge is -2.25. The molecule has 1 aromatic heterocycles. The fourth-order valence-electron chi connectivity index (χ4n) is 3.23.